The lowest BCUT2D eigenvalue weighted by Gasteiger charge is -2.27. The van der Waals surface area contributed by atoms with Crippen LogP contribution in [0.15, 0.2) is 80.3 Å². The highest BCUT2D eigenvalue weighted by Crippen LogP contribution is 2.40. The van der Waals surface area contributed by atoms with Crippen LogP contribution in [0.1, 0.15) is 31.2 Å². The summed E-state index contributed by atoms with van der Waals surface area (Å²) in [7, 11) is 1.60. The highest BCUT2D eigenvalue weighted by molar-refractivity contribution is 7.07. The molecule has 0 radical (unpaired) electrons. The van der Waals surface area contributed by atoms with Crippen LogP contribution in [0.25, 0.3) is 16.8 Å². The quantitative estimate of drug-likeness (QED) is 0.482. The molecule has 0 saturated heterocycles. The van der Waals surface area contributed by atoms with Crippen molar-refractivity contribution in [3.8, 4) is 5.75 Å². The molecule has 7 heteroatoms. The fourth-order valence-electron chi connectivity index (χ4n) is 4.28. The molecule has 5 rings (SSSR count). The van der Waals surface area contributed by atoms with Crippen molar-refractivity contribution in [3.63, 3.8) is 0 Å². The Morgan fingerprint density at radius 2 is 2.00 bits per heavy atom. The zero-order chi connectivity index (χ0) is 22.4. The first-order valence-electron chi connectivity index (χ1n) is 10.1. The number of furan rings is 1. The molecule has 1 atom stereocenters. The number of carbonyl (C=O) groups is 1. The van der Waals surface area contributed by atoms with Crippen molar-refractivity contribution in [2.75, 3.05) is 7.11 Å². The molecule has 0 unspecified atom stereocenters. The van der Waals surface area contributed by atoms with Gasteiger partial charge in [-0.3, -0.25) is 14.2 Å². The van der Waals surface area contributed by atoms with Crippen molar-refractivity contribution in [1.29, 1.82) is 0 Å². The van der Waals surface area contributed by atoms with Gasteiger partial charge in [-0.25, -0.2) is 4.99 Å². The van der Waals surface area contributed by atoms with Crippen molar-refractivity contribution >= 4 is 34.0 Å². The molecule has 1 aliphatic heterocycles. The number of rotatable bonds is 4. The van der Waals surface area contributed by atoms with Gasteiger partial charge in [0.2, 0.25) is 0 Å². The van der Waals surface area contributed by atoms with Gasteiger partial charge in [-0.2, -0.15) is 0 Å². The summed E-state index contributed by atoms with van der Waals surface area (Å²) >= 11 is 1.28. The average molecular weight is 445 g/mol. The van der Waals surface area contributed by atoms with Gasteiger partial charge in [0.1, 0.15) is 11.5 Å². The number of fused-ring (bicyclic) bond motifs is 2. The highest BCUT2D eigenvalue weighted by Gasteiger charge is 2.33. The number of hydrogen-bond donors (Lipinski definition) is 0. The monoisotopic (exact) mass is 444 g/mol. The van der Waals surface area contributed by atoms with Crippen LogP contribution in [0.3, 0.4) is 0 Å². The number of methoxy groups -OCH3 is 1. The third-order valence-electron chi connectivity index (χ3n) is 5.64. The predicted octanol–water partition coefficient (Wildman–Crippen LogP) is 3.58. The Balaban J connectivity index is 1.89. The molecule has 3 heterocycles. The van der Waals surface area contributed by atoms with E-state index in [1.807, 2.05) is 43.3 Å². The van der Waals surface area contributed by atoms with Crippen molar-refractivity contribution < 1.29 is 13.9 Å². The maximum atomic E-state index is 13.6. The molecule has 0 amide bonds. The number of ether oxygens (including phenoxy) is 1. The lowest BCUT2D eigenvalue weighted by molar-refractivity contribution is -0.114. The first-order valence-corrected chi connectivity index (χ1v) is 10.9. The normalized spacial score (nSPS) is 16.2. The number of Topliss-reactive ketones (excluding diaryl/α,β-unsaturated/α-hetero) is 1. The molecule has 0 saturated carbocycles. The van der Waals surface area contributed by atoms with Crippen molar-refractivity contribution in [3.05, 3.63) is 97.1 Å². The summed E-state index contributed by atoms with van der Waals surface area (Å²) < 4.78 is 13.2. The Morgan fingerprint density at radius 3 is 2.72 bits per heavy atom. The summed E-state index contributed by atoms with van der Waals surface area (Å²) in [6.07, 6.45) is 3.26. The van der Waals surface area contributed by atoms with Crippen LogP contribution < -0.4 is 19.6 Å². The number of carbonyl (C=O) groups excluding carboxylic acids is 1. The van der Waals surface area contributed by atoms with E-state index in [9.17, 15) is 9.59 Å². The van der Waals surface area contributed by atoms with Gasteiger partial charge in [-0.15, -0.1) is 0 Å². The number of ketones is 1. The molecule has 0 spiro atoms. The minimum Gasteiger partial charge on any atom is -0.496 e. The van der Waals surface area contributed by atoms with Crippen LogP contribution in [-0.4, -0.2) is 17.5 Å². The van der Waals surface area contributed by atoms with Crippen molar-refractivity contribution in [2.24, 2.45) is 4.99 Å². The minimum atomic E-state index is -0.649. The fourth-order valence-corrected chi connectivity index (χ4v) is 5.31. The second-order valence-corrected chi connectivity index (χ2v) is 8.57. The second kappa shape index (κ2) is 7.76. The van der Waals surface area contributed by atoms with E-state index in [1.165, 1.54) is 18.3 Å². The molecule has 0 bridgehead atoms. The molecule has 1 aliphatic rings. The molecule has 6 nitrogen and oxygen atoms in total. The molecule has 2 aromatic carbocycles. The SMILES string of the molecule is COc1ccc2ccccc2c1[C@@H]1C(C(C)=O)=C(C)N=c2s/c(=C/c3ccco3)c(=O)n21. The molecular weight excluding hydrogens is 424 g/mol. The molecule has 2 aromatic heterocycles. The lowest BCUT2D eigenvalue weighted by atomic mass is 9.89. The summed E-state index contributed by atoms with van der Waals surface area (Å²) in [6.45, 7) is 3.32. The second-order valence-electron chi connectivity index (χ2n) is 7.56. The predicted molar refractivity (Wildman–Crippen MR) is 124 cm³/mol. The van der Waals surface area contributed by atoms with Crippen LogP contribution in [0, 0.1) is 0 Å². The smallest absolute Gasteiger partial charge is 0.271 e. The Kier molecular flexibility index (Phi) is 4.90. The molecule has 32 heavy (non-hydrogen) atoms. The largest absolute Gasteiger partial charge is 0.496 e. The van der Waals surface area contributed by atoms with Gasteiger partial charge in [-0.1, -0.05) is 41.7 Å². The van der Waals surface area contributed by atoms with E-state index in [1.54, 1.807) is 36.1 Å². The number of aromatic nitrogens is 1. The van der Waals surface area contributed by atoms with Gasteiger partial charge in [0.15, 0.2) is 10.6 Å². The standard InChI is InChI=1S/C25H20N2O4S/c1-14-21(15(2)28)23(22-18-9-5-4-7-16(18)10-11-19(22)30-3)27-24(29)20(32-25(27)26-14)13-17-8-6-12-31-17/h4-13,23H,1-3H3/b20-13+/t23-/m0/s1. The lowest BCUT2D eigenvalue weighted by Crippen LogP contribution is -2.39. The highest BCUT2D eigenvalue weighted by atomic mass is 32.1. The molecule has 0 N–H and O–H groups in total. The first kappa shape index (κ1) is 20.2. The first-order chi connectivity index (χ1) is 15.5. The summed E-state index contributed by atoms with van der Waals surface area (Å²) in [6, 6.07) is 14.6. The Hall–Kier alpha value is -3.71. The zero-order valence-electron chi connectivity index (χ0n) is 17.8. The average Bonchev–Trinajstić information content (AvgIpc) is 3.40. The van der Waals surface area contributed by atoms with E-state index in [0.29, 0.717) is 32.1 Å². The van der Waals surface area contributed by atoms with E-state index in [0.717, 1.165) is 16.3 Å². The van der Waals surface area contributed by atoms with E-state index in [4.69, 9.17) is 9.15 Å². The van der Waals surface area contributed by atoms with Gasteiger partial charge in [0, 0.05) is 22.9 Å². The van der Waals surface area contributed by atoms with Gasteiger partial charge in [0.25, 0.3) is 5.56 Å². The summed E-state index contributed by atoms with van der Waals surface area (Å²) in [5.41, 5.74) is 1.63. The molecule has 4 aromatic rings. The van der Waals surface area contributed by atoms with Gasteiger partial charge < -0.3 is 9.15 Å². The van der Waals surface area contributed by atoms with E-state index in [2.05, 4.69) is 4.99 Å². The fraction of sp³-hybridized carbons (Fsp3) is 0.160. The van der Waals surface area contributed by atoms with Gasteiger partial charge >= 0.3 is 0 Å². The zero-order valence-corrected chi connectivity index (χ0v) is 18.6. The molecular formula is C25H20N2O4S. The number of allylic oxidation sites excluding steroid dienone is 2. The summed E-state index contributed by atoms with van der Waals surface area (Å²) in [5.74, 6) is 1.06. The van der Waals surface area contributed by atoms with Crippen LogP contribution in [0.5, 0.6) is 5.75 Å². The van der Waals surface area contributed by atoms with E-state index < -0.39 is 6.04 Å². The summed E-state index contributed by atoms with van der Waals surface area (Å²) in [5, 5.41) is 1.92. The number of nitrogens with zero attached hydrogens (tertiary/aromatic N) is 2. The Bertz CT molecular complexity index is 1570. The third kappa shape index (κ3) is 3.13. The van der Waals surface area contributed by atoms with E-state index in [-0.39, 0.29) is 11.3 Å². The number of hydrogen-bond acceptors (Lipinski definition) is 6. The molecule has 0 fully saturated rings. The van der Waals surface area contributed by atoms with Crippen molar-refractivity contribution in [2.45, 2.75) is 19.9 Å². The van der Waals surface area contributed by atoms with Gasteiger partial charge in [0.05, 0.1) is 23.9 Å². The maximum Gasteiger partial charge on any atom is 0.271 e. The number of thiazole rings is 1. The van der Waals surface area contributed by atoms with Crippen LogP contribution in [-0.2, 0) is 4.79 Å². The van der Waals surface area contributed by atoms with Crippen LogP contribution in [0.2, 0.25) is 0 Å². The van der Waals surface area contributed by atoms with Crippen LogP contribution >= 0.6 is 11.3 Å². The van der Waals surface area contributed by atoms with Gasteiger partial charge in [-0.05, 0) is 42.8 Å². The molecule has 160 valence electrons. The number of benzene rings is 2. The Morgan fingerprint density at radius 1 is 1.19 bits per heavy atom. The minimum absolute atomic E-state index is 0.133. The maximum absolute atomic E-state index is 13.6. The van der Waals surface area contributed by atoms with Crippen molar-refractivity contribution in [1.82, 2.24) is 4.57 Å². The molecule has 0 aliphatic carbocycles. The van der Waals surface area contributed by atoms with Crippen LogP contribution in [0.4, 0.5) is 0 Å². The Labute approximate surface area is 187 Å². The summed E-state index contributed by atoms with van der Waals surface area (Å²) in [4.78, 5) is 31.6. The third-order valence-corrected chi connectivity index (χ3v) is 6.62. The van der Waals surface area contributed by atoms with E-state index >= 15 is 0 Å². The topological polar surface area (TPSA) is 73.8 Å².